The van der Waals surface area contributed by atoms with Crippen LogP contribution in [0, 0.1) is 17.0 Å². The van der Waals surface area contributed by atoms with Crippen LogP contribution in [0.25, 0.3) is 0 Å². The predicted octanol–water partition coefficient (Wildman–Crippen LogP) is 3.29. The van der Waals surface area contributed by atoms with Crippen molar-refractivity contribution in [3.05, 3.63) is 29.8 Å². The summed E-state index contributed by atoms with van der Waals surface area (Å²) in [4.78, 5) is 0. The Morgan fingerprint density at radius 2 is 2.00 bits per heavy atom. The molecular weight excluding hydrogens is 266 g/mol. The number of halogens is 2. The van der Waals surface area contributed by atoms with Crippen LogP contribution in [-0.4, -0.2) is 17.6 Å². The number of amidine groups is 1. The summed E-state index contributed by atoms with van der Waals surface area (Å²) in [6.07, 6.45) is 2.29. The van der Waals surface area contributed by atoms with Gasteiger partial charge in [0.1, 0.15) is 11.6 Å². The van der Waals surface area contributed by atoms with Gasteiger partial charge in [-0.2, -0.15) is 0 Å². The van der Waals surface area contributed by atoms with E-state index in [-0.39, 0.29) is 11.3 Å². The van der Waals surface area contributed by atoms with E-state index in [0.29, 0.717) is 12.4 Å². The topological polar surface area (TPSA) is 67.8 Å². The van der Waals surface area contributed by atoms with Gasteiger partial charge in [0.25, 0.3) is 0 Å². The Morgan fingerprint density at radius 3 is 2.60 bits per heavy atom. The molecule has 20 heavy (non-hydrogen) atoms. The lowest BCUT2D eigenvalue weighted by atomic mass is 9.86. The van der Waals surface area contributed by atoms with Crippen LogP contribution in [0.2, 0.25) is 0 Å². The number of hydrogen-bond acceptors (Lipinski definition) is 3. The molecule has 0 aliphatic rings. The van der Waals surface area contributed by atoms with Crippen LogP contribution in [-0.2, 0) is 0 Å². The Bertz CT molecular complexity index is 476. The van der Waals surface area contributed by atoms with Crippen molar-refractivity contribution in [2.75, 3.05) is 6.61 Å². The van der Waals surface area contributed by atoms with Crippen molar-refractivity contribution >= 4 is 5.84 Å². The maximum absolute atomic E-state index is 12.9. The number of nitrogens with two attached hydrogens (primary N) is 1. The van der Waals surface area contributed by atoms with Crippen LogP contribution in [0.4, 0.5) is 8.78 Å². The lowest BCUT2D eigenvalue weighted by Gasteiger charge is -2.22. The number of ether oxygens (including phenoxy) is 1. The van der Waals surface area contributed by atoms with Gasteiger partial charge in [-0.3, -0.25) is 0 Å². The molecule has 6 heteroatoms. The highest BCUT2D eigenvalue weighted by Gasteiger charge is 2.22. The largest absolute Gasteiger partial charge is 0.493 e. The second-order valence-electron chi connectivity index (χ2n) is 5.25. The molecule has 0 fully saturated rings. The van der Waals surface area contributed by atoms with Crippen molar-refractivity contribution in [1.82, 2.24) is 0 Å². The summed E-state index contributed by atoms with van der Waals surface area (Å²) < 4.78 is 31.0. The zero-order valence-electron chi connectivity index (χ0n) is 11.7. The monoisotopic (exact) mass is 286 g/mol. The Morgan fingerprint density at radius 1 is 1.30 bits per heavy atom. The zero-order chi connectivity index (χ0) is 15.2. The first-order valence-corrected chi connectivity index (χ1v) is 6.42. The molecule has 0 spiro atoms. The van der Waals surface area contributed by atoms with Gasteiger partial charge in [0.15, 0.2) is 11.6 Å². The molecule has 0 aromatic heterocycles. The van der Waals surface area contributed by atoms with Crippen molar-refractivity contribution < 1.29 is 18.7 Å². The fourth-order valence-electron chi connectivity index (χ4n) is 1.69. The van der Waals surface area contributed by atoms with Crippen molar-refractivity contribution in [1.29, 1.82) is 0 Å². The molecule has 0 aliphatic carbocycles. The highest BCUT2D eigenvalue weighted by atomic mass is 19.2. The van der Waals surface area contributed by atoms with Crippen molar-refractivity contribution in [3.63, 3.8) is 0 Å². The van der Waals surface area contributed by atoms with Gasteiger partial charge in [-0.25, -0.2) is 8.78 Å². The molecule has 0 amide bonds. The minimum absolute atomic E-state index is 0.194. The minimum atomic E-state index is -0.921. The normalized spacial score (nSPS) is 12.5. The second-order valence-corrected chi connectivity index (χ2v) is 5.25. The molecule has 0 bridgehead atoms. The number of unbranched alkanes of at least 4 members (excludes halogenated alkanes) is 1. The fraction of sp³-hybridized carbons (Fsp3) is 0.500. The van der Waals surface area contributed by atoms with E-state index in [1.807, 2.05) is 13.8 Å². The number of benzene rings is 1. The smallest absolute Gasteiger partial charge is 0.162 e. The fourth-order valence-corrected chi connectivity index (χ4v) is 1.69. The molecule has 4 nitrogen and oxygen atoms in total. The molecule has 0 unspecified atom stereocenters. The summed E-state index contributed by atoms with van der Waals surface area (Å²) in [5.74, 6) is -1.31. The van der Waals surface area contributed by atoms with Crippen LogP contribution >= 0.6 is 0 Å². The molecule has 1 aromatic rings. The average Bonchev–Trinajstić information content (AvgIpc) is 2.41. The number of oxime groups is 1. The molecule has 0 heterocycles. The second kappa shape index (κ2) is 7.07. The first-order valence-electron chi connectivity index (χ1n) is 6.42. The number of hydrogen-bond donors (Lipinski definition) is 2. The van der Waals surface area contributed by atoms with E-state index in [2.05, 4.69) is 5.16 Å². The molecule has 112 valence electrons. The SMILES string of the molecule is CC(C)(CCCCOc1ccc(F)c(F)c1)/C(N)=N/O. The van der Waals surface area contributed by atoms with Gasteiger partial charge < -0.3 is 15.7 Å². The predicted molar refractivity (Wildman–Crippen MR) is 72.9 cm³/mol. The molecule has 0 saturated heterocycles. The zero-order valence-corrected chi connectivity index (χ0v) is 11.7. The van der Waals surface area contributed by atoms with Crippen molar-refractivity contribution in [2.24, 2.45) is 16.3 Å². The third-order valence-electron chi connectivity index (χ3n) is 3.16. The van der Waals surface area contributed by atoms with Crippen LogP contribution in [0.5, 0.6) is 5.75 Å². The van der Waals surface area contributed by atoms with E-state index in [1.54, 1.807) is 0 Å². The van der Waals surface area contributed by atoms with E-state index < -0.39 is 11.6 Å². The quantitative estimate of drug-likeness (QED) is 0.266. The summed E-state index contributed by atoms with van der Waals surface area (Å²) in [7, 11) is 0. The van der Waals surface area contributed by atoms with Crippen molar-refractivity contribution in [2.45, 2.75) is 33.1 Å². The van der Waals surface area contributed by atoms with Crippen molar-refractivity contribution in [3.8, 4) is 5.75 Å². The highest BCUT2D eigenvalue weighted by molar-refractivity contribution is 5.85. The number of nitrogens with zero attached hydrogens (tertiary/aromatic N) is 1. The Labute approximate surface area is 117 Å². The van der Waals surface area contributed by atoms with Gasteiger partial charge in [0, 0.05) is 11.5 Å². The van der Waals surface area contributed by atoms with E-state index >= 15 is 0 Å². The molecule has 3 N–H and O–H groups in total. The van der Waals surface area contributed by atoms with Gasteiger partial charge in [-0.05, 0) is 31.4 Å². The minimum Gasteiger partial charge on any atom is -0.493 e. The molecule has 0 radical (unpaired) electrons. The third-order valence-corrected chi connectivity index (χ3v) is 3.16. The van der Waals surface area contributed by atoms with E-state index in [1.165, 1.54) is 6.07 Å². The maximum atomic E-state index is 12.9. The lowest BCUT2D eigenvalue weighted by Crippen LogP contribution is -2.31. The summed E-state index contributed by atoms with van der Waals surface area (Å²) in [5, 5.41) is 11.7. The van der Waals surface area contributed by atoms with Gasteiger partial charge in [0.05, 0.1) is 6.61 Å². The van der Waals surface area contributed by atoms with E-state index in [9.17, 15) is 8.78 Å². The van der Waals surface area contributed by atoms with Gasteiger partial charge in [-0.1, -0.05) is 19.0 Å². The van der Waals surface area contributed by atoms with Gasteiger partial charge >= 0.3 is 0 Å². The van der Waals surface area contributed by atoms with Crippen LogP contribution in [0.1, 0.15) is 33.1 Å². The summed E-state index contributed by atoms with van der Waals surface area (Å²) in [5.41, 5.74) is 5.20. The highest BCUT2D eigenvalue weighted by Crippen LogP contribution is 2.23. The van der Waals surface area contributed by atoms with E-state index in [0.717, 1.165) is 31.4 Å². The van der Waals surface area contributed by atoms with Crippen LogP contribution < -0.4 is 10.5 Å². The molecule has 0 atom stereocenters. The maximum Gasteiger partial charge on any atom is 0.162 e. The van der Waals surface area contributed by atoms with Gasteiger partial charge in [0.2, 0.25) is 0 Å². The summed E-state index contributed by atoms with van der Waals surface area (Å²) in [6, 6.07) is 3.45. The first-order chi connectivity index (χ1) is 9.36. The number of rotatable bonds is 7. The Balaban J connectivity index is 2.30. The average molecular weight is 286 g/mol. The first kappa shape index (κ1) is 16.2. The van der Waals surface area contributed by atoms with Gasteiger partial charge in [-0.15, -0.1) is 0 Å². The molecule has 1 rings (SSSR count). The summed E-state index contributed by atoms with van der Waals surface area (Å²) >= 11 is 0. The van der Waals surface area contributed by atoms with Crippen LogP contribution in [0.15, 0.2) is 23.4 Å². The Hall–Kier alpha value is -1.85. The third kappa shape index (κ3) is 4.68. The molecule has 0 saturated carbocycles. The van der Waals surface area contributed by atoms with E-state index in [4.69, 9.17) is 15.7 Å². The molecule has 0 aliphatic heterocycles. The lowest BCUT2D eigenvalue weighted by molar-refractivity contribution is 0.287. The Kier molecular flexibility index (Phi) is 5.73. The van der Waals surface area contributed by atoms with Crippen LogP contribution in [0.3, 0.4) is 0 Å². The molecular formula is C14H20F2N2O2. The summed E-state index contributed by atoms with van der Waals surface area (Å²) in [6.45, 7) is 4.17. The standard InChI is InChI=1S/C14H20F2N2O2/c1-14(2,13(17)18-19)7-3-4-8-20-10-5-6-11(15)12(16)9-10/h5-6,9,19H,3-4,7-8H2,1-2H3,(H2,17,18). The molecule has 1 aromatic carbocycles.